The maximum Gasteiger partial charge on any atom is 0.433 e. The minimum absolute atomic E-state index is 0.0275. The van der Waals surface area contributed by atoms with Gasteiger partial charge in [-0.1, -0.05) is 47.1 Å². The third kappa shape index (κ3) is 10.8. The Kier molecular flexibility index (Phi) is 14.5. The van der Waals surface area contributed by atoms with Crippen LogP contribution in [0.3, 0.4) is 0 Å². The zero-order chi connectivity index (χ0) is 38.1. The van der Waals surface area contributed by atoms with Crippen molar-refractivity contribution >= 4 is 52.3 Å². The third-order valence-electron chi connectivity index (χ3n) is 5.71. The maximum atomic E-state index is 13.9. The van der Waals surface area contributed by atoms with E-state index in [0.29, 0.717) is 12.1 Å². The van der Waals surface area contributed by atoms with Crippen LogP contribution in [-0.4, -0.2) is 25.4 Å². The Hall–Kier alpha value is -4.49. The van der Waals surface area contributed by atoms with Gasteiger partial charge in [-0.05, 0) is 30.5 Å². The van der Waals surface area contributed by atoms with Gasteiger partial charge in [0.2, 0.25) is 5.95 Å². The summed E-state index contributed by atoms with van der Waals surface area (Å²) in [6.07, 6.45) is -5.24. The number of aromatic nitrogens is 4. The van der Waals surface area contributed by atoms with E-state index in [0.717, 1.165) is 45.2 Å². The van der Waals surface area contributed by atoms with Gasteiger partial charge < -0.3 is 11.1 Å². The molecule has 0 radical (unpaired) electrons. The molecule has 50 heavy (non-hydrogen) atoms. The van der Waals surface area contributed by atoms with E-state index in [1.54, 1.807) is 6.26 Å². The van der Waals surface area contributed by atoms with Crippen molar-refractivity contribution in [1.29, 1.82) is 0 Å². The van der Waals surface area contributed by atoms with E-state index < -0.39 is 79.8 Å². The smallest absolute Gasteiger partial charge is 0.396 e. The highest BCUT2D eigenvalue weighted by molar-refractivity contribution is 7.98. The van der Waals surface area contributed by atoms with E-state index in [9.17, 15) is 53.5 Å². The minimum atomic E-state index is -4.87. The van der Waals surface area contributed by atoms with Crippen molar-refractivity contribution in [3.05, 3.63) is 127 Å². The van der Waals surface area contributed by atoms with Crippen LogP contribution < -0.4 is 22.2 Å². The van der Waals surface area contributed by atoms with Gasteiger partial charge in [0.05, 0.1) is 11.4 Å². The Labute approximate surface area is 289 Å². The Morgan fingerprint density at radius 2 is 1.26 bits per heavy atom. The first-order valence-corrected chi connectivity index (χ1v) is 15.1. The van der Waals surface area contributed by atoms with E-state index in [-0.39, 0.29) is 23.9 Å². The molecule has 8 nitrogen and oxygen atoms in total. The van der Waals surface area contributed by atoms with E-state index in [4.69, 9.17) is 28.9 Å². The molecule has 0 saturated carbocycles. The lowest BCUT2D eigenvalue weighted by atomic mass is 10.3. The zero-order valence-corrected chi connectivity index (χ0v) is 27.4. The molecule has 0 saturated heterocycles. The highest BCUT2D eigenvalue weighted by atomic mass is 35.5. The topological polar surface area (TPSA) is 108 Å². The average Bonchev–Trinajstić information content (AvgIpc) is 3.04. The molecule has 3 N–H and O–H groups in total. The normalized spacial score (nSPS) is 11.1. The van der Waals surface area contributed by atoms with E-state index in [1.165, 1.54) is 12.2 Å². The number of allylic oxidation sites excluding steroid dienone is 2. The molecule has 0 atom stereocenters. The van der Waals surface area contributed by atoms with E-state index in [1.807, 2.05) is 0 Å². The van der Waals surface area contributed by atoms with Gasteiger partial charge in [0, 0.05) is 25.2 Å². The fourth-order valence-corrected chi connectivity index (χ4v) is 4.33. The summed E-state index contributed by atoms with van der Waals surface area (Å²) in [5.41, 5.74) is 0.108. The van der Waals surface area contributed by atoms with Crippen molar-refractivity contribution in [2.24, 2.45) is 0 Å². The molecule has 0 amide bonds. The molecule has 21 heteroatoms. The van der Waals surface area contributed by atoms with Crippen molar-refractivity contribution in [2.45, 2.75) is 30.6 Å². The molecule has 2 heterocycles. The highest BCUT2D eigenvalue weighted by Crippen LogP contribution is 2.31. The number of nitrogen functional groups attached to an aromatic ring is 1. The number of nitrogens with one attached hydrogen (secondary N) is 1. The molecule has 0 fully saturated rings. The molecule has 4 rings (SSSR count). The Bertz CT molecular complexity index is 1960. The van der Waals surface area contributed by atoms with Gasteiger partial charge in [0.25, 0.3) is 11.1 Å². The van der Waals surface area contributed by atoms with Crippen LogP contribution in [0, 0.1) is 23.3 Å². The van der Waals surface area contributed by atoms with Gasteiger partial charge >= 0.3 is 12.4 Å². The second-order valence-electron chi connectivity index (χ2n) is 9.18. The van der Waals surface area contributed by atoms with Crippen LogP contribution in [0.4, 0.5) is 61.2 Å². The molecule has 0 aliphatic rings. The van der Waals surface area contributed by atoms with Gasteiger partial charge in [0.1, 0.15) is 21.7 Å². The van der Waals surface area contributed by atoms with Crippen molar-refractivity contribution in [3.63, 3.8) is 0 Å². The van der Waals surface area contributed by atoms with Crippen LogP contribution in [0.2, 0.25) is 10.0 Å². The summed E-state index contributed by atoms with van der Waals surface area (Å²) in [7, 11) is 0. The molecule has 0 unspecified atom stereocenters. The van der Waals surface area contributed by atoms with Crippen molar-refractivity contribution in [3.8, 4) is 0 Å². The number of benzene rings is 2. The molecule has 2 aromatic heterocycles. The SMILES string of the molecule is C=CCn1c(Nc2ccc(F)c(Cl)c2F)nc(C(F)(F)F)cc1=O.C=CCn1c(SC)nc(C(F)(F)F)cc1=O.Nc1ccc(F)c(Cl)c1F. The molecule has 2 aromatic carbocycles. The zero-order valence-electron chi connectivity index (χ0n) is 25.1. The van der Waals surface area contributed by atoms with E-state index >= 15 is 0 Å². The second-order valence-corrected chi connectivity index (χ2v) is 10.7. The number of rotatable bonds is 7. The number of anilines is 3. The molecular weight excluding hydrogens is 757 g/mol. The molecule has 0 aliphatic heterocycles. The van der Waals surface area contributed by atoms with Crippen LogP contribution in [0.1, 0.15) is 11.4 Å². The Morgan fingerprint density at radius 1 is 0.800 bits per heavy atom. The van der Waals surface area contributed by atoms with Crippen LogP contribution in [-0.2, 0) is 25.4 Å². The van der Waals surface area contributed by atoms with Gasteiger partial charge in [-0.2, -0.15) is 26.3 Å². The molecule has 270 valence electrons. The first kappa shape index (κ1) is 41.7. The lowest BCUT2D eigenvalue weighted by molar-refractivity contribution is -0.142. The number of nitrogens with two attached hydrogens (primary N) is 1. The van der Waals surface area contributed by atoms with Gasteiger partial charge in [0.15, 0.2) is 28.2 Å². The average molecular weight is 779 g/mol. The predicted molar refractivity (Wildman–Crippen MR) is 170 cm³/mol. The summed E-state index contributed by atoms with van der Waals surface area (Å²) in [4.78, 5) is 29.9. The first-order valence-electron chi connectivity index (χ1n) is 13.1. The van der Waals surface area contributed by atoms with Crippen molar-refractivity contribution in [1.82, 2.24) is 19.1 Å². The summed E-state index contributed by atoms with van der Waals surface area (Å²) >= 11 is 11.5. The molecule has 4 aromatic rings. The molecule has 0 bridgehead atoms. The largest absolute Gasteiger partial charge is 0.433 e. The van der Waals surface area contributed by atoms with Crippen molar-refractivity contribution in [2.75, 3.05) is 17.3 Å². The van der Waals surface area contributed by atoms with Crippen LogP contribution in [0.5, 0.6) is 0 Å². The number of thioether (sulfide) groups is 1. The minimum Gasteiger partial charge on any atom is -0.396 e. The van der Waals surface area contributed by atoms with Gasteiger partial charge in [-0.3, -0.25) is 18.7 Å². The monoisotopic (exact) mass is 778 g/mol. The summed E-state index contributed by atoms with van der Waals surface area (Å²) in [6.45, 7) is 6.76. The van der Waals surface area contributed by atoms with Gasteiger partial charge in [-0.15, -0.1) is 13.2 Å². The Morgan fingerprint density at radius 3 is 1.74 bits per heavy atom. The number of alkyl halides is 6. The fourth-order valence-electron chi connectivity index (χ4n) is 3.42. The summed E-state index contributed by atoms with van der Waals surface area (Å²) in [5, 5.41) is 0.854. The van der Waals surface area contributed by atoms with Crippen LogP contribution in [0.15, 0.2) is 76.5 Å². The summed E-state index contributed by atoms with van der Waals surface area (Å²) in [5.74, 6) is -4.56. The predicted octanol–water partition coefficient (Wildman–Crippen LogP) is 8.49. The maximum absolute atomic E-state index is 13.9. The Balaban J connectivity index is 0.000000286. The van der Waals surface area contributed by atoms with E-state index in [2.05, 4.69) is 28.4 Å². The van der Waals surface area contributed by atoms with Crippen LogP contribution in [0.25, 0.3) is 0 Å². The molecular formula is C29H22Cl2F10N6O2S. The standard InChI is InChI=1S/C14H9ClF5N3O.C9H9F3N2OS.C6H4ClF2N/c1-2-5-23-10(24)6-9(14(18,19)20)22-13(23)21-8-4-3-7(16)11(15)12(8)17;1-3-4-14-7(15)5-6(9(10,11)12)13-8(14)16-2;7-5-3(8)1-2-4(10)6(5)9/h2-4,6H,1,5H2,(H,21,22);3,5H,1,4H2,2H3;1-2H,10H2. The molecule has 0 spiro atoms. The lowest BCUT2D eigenvalue weighted by Crippen LogP contribution is -2.26. The van der Waals surface area contributed by atoms with Crippen LogP contribution >= 0.6 is 35.0 Å². The highest BCUT2D eigenvalue weighted by Gasteiger charge is 2.35. The summed E-state index contributed by atoms with van der Waals surface area (Å²) < 4.78 is 129. The first-order chi connectivity index (χ1) is 23.2. The fraction of sp³-hybridized carbons (Fsp3) is 0.172. The molecule has 0 aliphatic carbocycles. The quantitative estimate of drug-likeness (QED) is 0.0484. The summed E-state index contributed by atoms with van der Waals surface area (Å²) in [6, 6.07) is 4.67. The number of hydrogen-bond acceptors (Lipinski definition) is 7. The number of hydrogen-bond donors (Lipinski definition) is 2. The van der Waals surface area contributed by atoms with Gasteiger partial charge in [-0.25, -0.2) is 27.5 Å². The third-order valence-corrected chi connectivity index (χ3v) is 7.08. The lowest BCUT2D eigenvalue weighted by Gasteiger charge is -2.15. The van der Waals surface area contributed by atoms with Crippen molar-refractivity contribution < 1.29 is 43.9 Å². The number of nitrogens with zero attached hydrogens (tertiary/aromatic N) is 4. The number of halogens is 12. The second kappa shape index (κ2) is 17.4.